The molecule has 0 aliphatic rings. The Bertz CT molecular complexity index is 371. The molecular weight excluding hydrogens is 316 g/mol. The maximum atomic E-state index is 11.8. The topological polar surface area (TPSA) is 52.6 Å². The minimum Gasteiger partial charge on any atom is -0.465 e. The van der Waals surface area contributed by atoms with E-state index in [1.807, 2.05) is 0 Å². The lowest BCUT2D eigenvalue weighted by molar-refractivity contribution is -0.147. The Balaban J connectivity index is 3.80. The van der Waals surface area contributed by atoms with Crippen molar-refractivity contribution < 1.29 is 19.1 Å². The zero-order valence-corrected chi connectivity index (χ0v) is 17.4. The lowest BCUT2D eigenvalue weighted by atomic mass is 9.86. The van der Waals surface area contributed by atoms with Gasteiger partial charge in [-0.1, -0.05) is 60.8 Å². The highest BCUT2D eigenvalue weighted by atomic mass is 16.5. The molecule has 0 aromatic rings. The van der Waals surface area contributed by atoms with Crippen molar-refractivity contribution in [3.63, 3.8) is 0 Å². The summed E-state index contributed by atoms with van der Waals surface area (Å²) in [5.41, 5.74) is 0.239. The zero-order valence-electron chi connectivity index (χ0n) is 17.4. The number of hydrogen-bond acceptors (Lipinski definition) is 4. The normalized spacial score (nSPS) is 14.0. The molecule has 4 nitrogen and oxygen atoms in total. The van der Waals surface area contributed by atoms with Crippen LogP contribution in [0, 0.1) is 17.3 Å². The Morgan fingerprint density at radius 3 is 1.96 bits per heavy atom. The van der Waals surface area contributed by atoms with Gasteiger partial charge in [0.15, 0.2) is 0 Å². The summed E-state index contributed by atoms with van der Waals surface area (Å²) in [4.78, 5) is 23.5. The second kappa shape index (κ2) is 13.2. The third-order valence-electron chi connectivity index (χ3n) is 4.27. The lowest BCUT2D eigenvalue weighted by Crippen LogP contribution is -2.18. The summed E-state index contributed by atoms with van der Waals surface area (Å²) in [6.45, 7) is 13.9. The highest BCUT2D eigenvalue weighted by molar-refractivity contribution is 5.72. The van der Waals surface area contributed by atoms with Crippen molar-refractivity contribution in [2.24, 2.45) is 17.3 Å². The quantitative estimate of drug-likeness (QED) is 0.407. The van der Waals surface area contributed by atoms with E-state index in [4.69, 9.17) is 9.47 Å². The molecule has 0 bridgehead atoms. The minimum absolute atomic E-state index is 0.205. The molecule has 0 spiro atoms. The van der Waals surface area contributed by atoms with Crippen molar-refractivity contribution in [1.29, 1.82) is 0 Å². The fourth-order valence-electron chi connectivity index (χ4n) is 2.97. The molecule has 0 radical (unpaired) electrons. The molecule has 25 heavy (non-hydrogen) atoms. The standard InChI is InChI=1S/C21H40O4/c1-7-9-11-18(8-2)16-25-20(23)13-10-12-19(22)24-15-17(3)14-21(4,5)6/h17-18H,7-16H2,1-6H3. The van der Waals surface area contributed by atoms with Crippen molar-refractivity contribution in [3.05, 3.63) is 0 Å². The van der Waals surface area contributed by atoms with E-state index in [-0.39, 0.29) is 30.2 Å². The first-order valence-corrected chi connectivity index (χ1v) is 9.99. The summed E-state index contributed by atoms with van der Waals surface area (Å²) in [7, 11) is 0. The number of rotatable bonds is 13. The summed E-state index contributed by atoms with van der Waals surface area (Å²) in [5.74, 6) is 0.382. The van der Waals surface area contributed by atoms with Gasteiger partial charge in [0, 0.05) is 12.8 Å². The molecule has 0 heterocycles. The van der Waals surface area contributed by atoms with Crippen molar-refractivity contribution >= 4 is 11.9 Å². The Hall–Kier alpha value is -1.06. The van der Waals surface area contributed by atoms with Gasteiger partial charge in [0.2, 0.25) is 0 Å². The first-order chi connectivity index (χ1) is 11.7. The number of unbranched alkanes of at least 4 members (excludes halogenated alkanes) is 1. The van der Waals surface area contributed by atoms with E-state index in [1.165, 1.54) is 12.8 Å². The monoisotopic (exact) mass is 356 g/mol. The van der Waals surface area contributed by atoms with Crippen LogP contribution < -0.4 is 0 Å². The van der Waals surface area contributed by atoms with Gasteiger partial charge in [-0.2, -0.15) is 0 Å². The second-order valence-electron chi connectivity index (χ2n) is 8.51. The predicted octanol–water partition coefficient (Wildman–Crippen LogP) is 5.53. The average molecular weight is 357 g/mol. The van der Waals surface area contributed by atoms with Gasteiger partial charge in [-0.05, 0) is 36.5 Å². The van der Waals surface area contributed by atoms with Crippen LogP contribution in [-0.2, 0) is 19.1 Å². The highest BCUT2D eigenvalue weighted by Crippen LogP contribution is 2.24. The van der Waals surface area contributed by atoms with Crippen LogP contribution in [0.25, 0.3) is 0 Å². The second-order valence-corrected chi connectivity index (χ2v) is 8.51. The fraction of sp³-hybridized carbons (Fsp3) is 0.905. The summed E-state index contributed by atoms with van der Waals surface area (Å²) in [6, 6.07) is 0. The molecule has 0 saturated carbocycles. The van der Waals surface area contributed by atoms with Crippen LogP contribution >= 0.6 is 0 Å². The van der Waals surface area contributed by atoms with Crippen LogP contribution in [0.3, 0.4) is 0 Å². The third kappa shape index (κ3) is 14.9. The number of ether oxygens (including phenoxy) is 2. The van der Waals surface area contributed by atoms with Gasteiger partial charge in [-0.25, -0.2) is 0 Å². The molecular formula is C21H40O4. The molecule has 0 amide bonds. The van der Waals surface area contributed by atoms with Crippen molar-refractivity contribution in [2.75, 3.05) is 13.2 Å². The number of hydrogen-bond donors (Lipinski definition) is 0. The van der Waals surface area contributed by atoms with Crippen molar-refractivity contribution in [3.8, 4) is 0 Å². The van der Waals surface area contributed by atoms with Gasteiger partial charge in [-0.3, -0.25) is 9.59 Å². The average Bonchev–Trinajstić information content (AvgIpc) is 2.51. The predicted molar refractivity (Wildman–Crippen MR) is 102 cm³/mol. The first kappa shape index (κ1) is 23.9. The van der Waals surface area contributed by atoms with Gasteiger partial charge in [-0.15, -0.1) is 0 Å². The van der Waals surface area contributed by atoms with E-state index < -0.39 is 0 Å². The molecule has 4 heteroatoms. The van der Waals surface area contributed by atoms with Gasteiger partial charge in [0.05, 0.1) is 13.2 Å². The molecule has 0 fully saturated rings. The molecule has 0 saturated heterocycles. The largest absolute Gasteiger partial charge is 0.465 e. The van der Waals surface area contributed by atoms with Crippen LogP contribution in [0.4, 0.5) is 0 Å². The maximum absolute atomic E-state index is 11.8. The molecule has 0 aromatic heterocycles. The van der Waals surface area contributed by atoms with E-state index in [9.17, 15) is 9.59 Å². The SMILES string of the molecule is CCCCC(CC)COC(=O)CCCC(=O)OCC(C)CC(C)(C)C. The minimum atomic E-state index is -0.220. The smallest absolute Gasteiger partial charge is 0.305 e. The first-order valence-electron chi connectivity index (χ1n) is 9.99. The lowest BCUT2D eigenvalue weighted by Gasteiger charge is -2.22. The van der Waals surface area contributed by atoms with Crippen LogP contribution in [0.5, 0.6) is 0 Å². The molecule has 0 rings (SSSR count). The van der Waals surface area contributed by atoms with Crippen molar-refractivity contribution in [1.82, 2.24) is 0 Å². The summed E-state index contributed by atoms with van der Waals surface area (Å²) in [5, 5.41) is 0. The van der Waals surface area contributed by atoms with E-state index in [0.717, 1.165) is 19.3 Å². The Kier molecular flexibility index (Phi) is 12.6. The maximum Gasteiger partial charge on any atom is 0.305 e. The van der Waals surface area contributed by atoms with E-state index >= 15 is 0 Å². The Labute approximate surface area is 155 Å². The van der Waals surface area contributed by atoms with Gasteiger partial charge in [0.25, 0.3) is 0 Å². The van der Waals surface area contributed by atoms with Gasteiger partial charge >= 0.3 is 11.9 Å². The molecule has 0 aromatic carbocycles. The van der Waals surface area contributed by atoms with E-state index in [1.54, 1.807) is 0 Å². The summed E-state index contributed by atoms with van der Waals surface area (Å²) in [6.07, 6.45) is 6.57. The molecule has 148 valence electrons. The number of carbonyl (C=O) groups is 2. The number of carbonyl (C=O) groups excluding carboxylic acids is 2. The van der Waals surface area contributed by atoms with Crippen LogP contribution in [-0.4, -0.2) is 25.2 Å². The third-order valence-corrected chi connectivity index (χ3v) is 4.27. The summed E-state index contributed by atoms with van der Waals surface area (Å²) >= 11 is 0. The number of esters is 2. The van der Waals surface area contributed by atoms with Crippen LogP contribution in [0.15, 0.2) is 0 Å². The van der Waals surface area contributed by atoms with Gasteiger partial charge in [0.1, 0.15) is 0 Å². The molecule has 0 N–H and O–H groups in total. The van der Waals surface area contributed by atoms with Gasteiger partial charge < -0.3 is 9.47 Å². The highest BCUT2D eigenvalue weighted by Gasteiger charge is 2.17. The van der Waals surface area contributed by atoms with E-state index in [2.05, 4.69) is 41.5 Å². The zero-order chi connectivity index (χ0) is 19.3. The molecule has 2 unspecified atom stereocenters. The Morgan fingerprint density at radius 1 is 0.920 bits per heavy atom. The van der Waals surface area contributed by atoms with Crippen LogP contribution in [0.2, 0.25) is 0 Å². The fourth-order valence-corrected chi connectivity index (χ4v) is 2.97. The Morgan fingerprint density at radius 2 is 1.48 bits per heavy atom. The molecule has 0 aliphatic carbocycles. The van der Waals surface area contributed by atoms with Crippen LogP contribution in [0.1, 0.15) is 92.9 Å². The van der Waals surface area contributed by atoms with E-state index in [0.29, 0.717) is 31.5 Å². The molecule has 0 aliphatic heterocycles. The summed E-state index contributed by atoms with van der Waals surface area (Å²) < 4.78 is 10.6. The van der Waals surface area contributed by atoms with Crippen molar-refractivity contribution in [2.45, 2.75) is 92.9 Å². The molecule has 2 atom stereocenters.